The zero-order chi connectivity index (χ0) is 11.8. The minimum absolute atomic E-state index is 0.0333. The second kappa shape index (κ2) is 7.36. The first kappa shape index (κ1) is 13.1. The quantitative estimate of drug-likeness (QED) is 0.706. The molecule has 16 heavy (non-hydrogen) atoms. The first-order valence-corrected chi connectivity index (χ1v) is 6.76. The Hall–Kier alpha value is -0.930. The minimum Gasteiger partial charge on any atom is -0.274 e. The molecule has 0 aliphatic rings. The first-order chi connectivity index (χ1) is 7.77. The molecule has 0 radical (unpaired) electrons. The van der Waals surface area contributed by atoms with E-state index in [1.54, 1.807) is 12.2 Å². The van der Waals surface area contributed by atoms with Crippen LogP contribution in [0, 0.1) is 0 Å². The van der Waals surface area contributed by atoms with Crippen molar-refractivity contribution in [1.82, 2.24) is 0 Å². The van der Waals surface area contributed by atoms with Crippen molar-refractivity contribution in [3.05, 3.63) is 61.2 Å². The Bertz CT molecular complexity index is 359. The van der Waals surface area contributed by atoms with Crippen molar-refractivity contribution >= 4 is 28.0 Å². The van der Waals surface area contributed by atoms with Crippen molar-refractivity contribution in [2.45, 2.75) is 5.25 Å². The molecule has 0 heterocycles. The monoisotopic (exact) mass is 250 g/mol. The summed E-state index contributed by atoms with van der Waals surface area (Å²) in [4.78, 5) is 11.6. The molecule has 0 saturated heterocycles. The van der Waals surface area contributed by atoms with E-state index in [9.17, 15) is 4.79 Å². The summed E-state index contributed by atoms with van der Waals surface area (Å²) >= 11 is 2.57. The molecule has 1 rings (SSSR count). The molecular weight excluding hydrogens is 236 g/mol. The molecule has 0 fully saturated rings. The predicted molar refractivity (Wildman–Crippen MR) is 75.0 cm³/mol. The highest BCUT2D eigenvalue weighted by molar-refractivity contribution is 8.38. The van der Waals surface area contributed by atoms with Gasteiger partial charge >= 0.3 is 0 Å². The Morgan fingerprint density at radius 2 is 2.00 bits per heavy atom. The zero-order valence-electron chi connectivity index (χ0n) is 8.96. The van der Waals surface area contributed by atoms with E-state index in [1.807, 2.05) is 30.3 Å². The molecule has 84 valence electrons. The minimum atomic E-state index is 0.0333. The maximum atomic E-state index is 11.6. The number of carbonyl (C=O) groups excluding carboxylic acids is 1. The Morgan fingerprint density at radius 1 is 1.31 bits per heavy atom. The fraction of sp³-hybridized carbons (Fsp3) is 0.154. The van der Waals surface area contributed by atoms with Crippen LogP contribution in [0.2, 0.25) is 0 Å². The number of benzene rings is 1. The molecule has 0 aromatic heterocycles. The summed E-state index contributed by atoms with van der Waals surface area (Å²) in [6.45, 7) is 7.36. The smallest absolute Gasteiger partial charge is 0.247 e. The molecule has 1 nitrogen and oxygen atoms in total. The summed E-state index contributed by atoms with van der Waals surface area (Å²) in [5, 5.41) is 0.0333. The van der Waals surface area contributed by atoms with E-state index in [-0.39, 0.29) is 9.70 Å². The summed E-state index contributed by atoms with van der Waals surface area (Å²) < 4.78 is 0.105. The lowest BCUT2D eigenvalue weighted by Crippen LogP contribution is -1.93. The zero-order valence-corrected chi connectivity index (χ0v) is 10.6. The molecule has 1 aromatic carbocycles. The third-order valence-corrected chi connectivity index (χ3v) is 4.08. The lowest BCUT2D eigenvalue weighted by molar-refractivity contribution is 0.276. The van der Waals surface area contributed by atoms with Crippen LogP contribution in [0.25, 0.3) is 0 Å². The van der Waals surface area contributed by atoms with E-state index >= 15 is 0 Å². The van der Waals surface area contributed by atoms with E-state index in [4.69, 9.17) is 0 Å². The Balaban J connectivity index is 2.59. The van der Waals surface area contributed by atoms with Gasteiger partial charge in [-0.2, -0.15) is 0 Å². The Labute approximate surface area is 105 Å². The highest BCUT2D eigenvalue weighted by Crippen LogP contribution is 2.33. The van der Waals surface area contributed by atoms with Gasteiger partial charge in [-0.1, -0.05) is 66.0 Å². The SMILES string of the molecule is C=CCSC(=O)S[C@H](C=C)c1ccccc1. The molecule has 0 aliphatic carbocycles. The lowest BCUT2D eigenvalue weighted by Gasteiger charge is -2.10. The van der Waals surface area contributed by atoms with Crippen molar-refractivity contribution in [3.8, 4) is 0 Å². The van der Waals surface area contributed by atoms with Crippen LogP contribution in [0.4, 0.5) is 4.79 Å². The Morgan fingerprint density at radius 3 is 2.56 bits per heavy atom. The van der Waals surface area contributed by atoms with Crippen LogP contribution in [0.5, 0.6) is 0 Å². The number of carbonyl (C=O) groups is 1. The molecule has 0 spiro atoms. The number of hydrogen-bond acceptors (Lipinski definition) is 3. The predicted octanol–water partition coefficient (Wildman–Crippen LogP) is 4.69. The van der Waals surface area contributed by atoms with Crippen molar-refractivity contribution in [1.29, 1.82) is 0 Å². The van der Waals surface area contributed by atoms with Crippen LogP contribution in [-0.2, 0) is 0 Å². The van der Waals surface area contributed by atoms with Gasteiger partial charge in [-0.3, -0.25) is 4.79 Å². The van der Waals surface area contributed by atoms with Gasteiger partial charge < -0.3 is 0 Å². The van der Waals surface area contributed by atoms with Crippen molar-refractivity contribution in [2.75, 3.05) is 5.75 Å². The van der Waals surface area contributed by atoms with Crippen LogP contribution in [-0.4, -0.2) is 10.2 Å². The van der Waals surface area contributed by atoms with Crippen LogP contribution in [0.15, 0.2) is 55.6 Å². The van der Waals surface area contributed by atoms with E-state index in [0.717, 1.165) is 5.56 Å². The van der Waals surface area contributed by atoms with E-state index < -0.39 is 0 Å². The van der Waals surface area contributed by atoms with Gasteiger partial charge in [0, 0.05) is 5.75 Å². The maximum Gasteiger partial charge on any atom is 0.247 e. The first-order valence-electron chi connectivity index (χ1n) is 4.89. The molecular formula is C13H14OS2. The van der Waals surface area contributed by atoms with Crippen molar-refractivity contribution in [3.63, 3.8) is 0 Å². The van der Waals surface area contributed by atoms with Gasteiger partial charge in [0.1, 0.15) is 0 Å². The average Bonchev–Trinajstić information content (AvgIpc) is 2.34. The van der Waals surface area contributed by atoms with Crippen LogP contribution in [0.3, 0.4) is 0 Å². The van der Waals surface area contributed by atoms with Gasteiger partial charge in [0.05, 0.1) is 5.25 Å². The fourth-order valence-electron chi connectivity index (χ4n) is 1.16. The highest BCUT2D eigenvalue weighted by atomic mass is 32.2. The molecule has 0 unspecified atom stereocenters. The van der Waals surface area contributed by atoms with Gasteiger partial charge in [0.15, 0.2) is 0 Å². The van der Waals surface area contributed by atoms with E-state index in [1.165, 1.54) is 23.5 Å². The summed E-state index contributed by atoms with van der Waals surface area (Å²) in [5.74, 6) is 0.657. The van der Waals surface area contributed by atoms with Gasteiger partial charge in [-0.25, -0.2) is 0 Å². The van der Waals surface area contributed by atoms with Crippen LogP contribution >= 0.6 is 23.5 Å². The molecule has 0 N–H and O–H groups in total. The lowest BCUT2D eigenvalue weighted by atomic mass is 10.1. The summed E-state index contributed by atoms with van der Waals surface area (Å²) in [6, 6.07) is 9.90. The van der Waals surface area contributed by atoms with Crippen LogP contribution < -0.4 is 0 Å². The van der Waals surface area contributed by atoms with Gasteiger partial charge in [-0.05, 0) is 5.56 Å². The number of thioether (sulfide) groups is 2. The van der Waals surface area contributed by atoms with Crippen molar-refractivity contribution in [2.24, 2.45) is 0 Å². The fourth-order valence-corrected chi connectivity index (χ4v) is 2.80. The summed E-state index contributed by atoms with van der Waals surface area (Å²) in [7, 11) is 0. The summed E-state index contributed by atoms with van der Waals surface area (Å²) in [5.41, 5.74) is 1.11. The number of hydrogen-bond donors (Lipinski definition) is 0. The maximum absolute atomic E-state index is 11.6. The molecule has 0 saturated carbocycles. The molecule has 0 amide bonds. The third kappa shape index (κ3) is 4.29. The van der Waals surface area contributed by atoms with Crippen LogP contribution in [0.1, 0.15) is 10.8 Å². The average molecular weight is 250 g/mol. The molecule has 0 bridgehead atoms. The second-order valence-corrected chi connectivity index (χ2v) is 5.40. The Kier molecular flexibility index (Phi) is 6.04. The number of rotatable bonds is 5. The van der Waals surface area contributed by atoms with E-state index in [2.05, 4.69) is 13.2 Å². The van der Waals surface area contributed by atoms with Gasteiger partial charge in [-0.15, -0.1) is 13.2 Å². The molecule has 3 heteroatoms. The second-order valence-electron chi connectivity index (χ2n) is 3.03. The largest absolute Gasteiger partial charge is 0.274 e. The van der Waals surface area contributed by atoms with E-state index in [0.29, 0.717) is 5.75 Å². The molecule has 1 atom stereocenters. The molecule has 1 aromatic rings. The topological polar surface area (TPSA) is 17.1 Å². The van der Waals surface area contributed by atoms with Crippen molar-refractivity contribution < 1.29 is 4.79 Å². The highest BCUT2D eigenvalue weighted by Gasteiger charge is 2.13. The standard InChI is InChI=1S/C13H14OS2/c1-3-10-15-13(14)16-12(4-2)11-8-6-5-7-9-11/h3-9,12H,1-2,10H2/t12-/m1/s1. The normalized spacial score (nSPS) is 11.8. The van der Waals surface area contributed by atoms with Gasteiger partial charge in [0.2, 0.25) is 4.45 Å². The third-order valence-electron chi connectivity index (χ3n) is 1.88. The summed E-state index contributed by atoms with van der Waals surface area (Å²) in [6.07, 6.45) is 3.53. The molecule has 0 aliphatic heterocycles. The van der Waals surface area contributed by atoms with Gasteiger partial charge in [0.25, 0.3) is 0 Å².